The average molecular weight is 796 g/mol. The van der Waals surface area contributed by atoms with Crippen molar-refractivity contribution >= 4 is 81.3 Å². The maximum atomic E-state index is 6.55. The van der Waals surface area contributed by atoms with Gasteiger partial charge in [0.25, 0.3) is 0 Å². The summed E-state index contributed by atoms with van der Waals surface area (Å²) in [4.78, 5) is 2.43. The Morgan fingerprint density at radius 3 is 1.75 bits per heavy atom. The number of hydrogen-bond donors (Lipinski definition) is 0. The molecule has 0 unspecified atom stereocenters. The quantitative estimate of drug-likeness (QED) is 0.160. The fourth-order valence-electron chi connectivity index (χ4n) is 9.11. The van der Waals surface area contributed by atoms with Crippen molar-refractivity contribution in [1.29, 1.82) is 0 Å². The average Bonchev–Trinajstić information content (AvgIpc) is 3.91. The van der Waals surface area contributed by atoms with Crippen molar-refractivity contribution in [3.05, 3.63) is 224 Å². The molecule has 0 bridgehead atoms. The van der Waals surface area contributed by atoms with Crippen LogP contribution in [0.5, 0.6) is 0 Å². The zero-order valence-corrected chi connectivity index (χ0v) is 33.9. The van der Waals surface area contributed by atoms with Gasteiger partial charge < -0.3 is 9.32 Å². The Morgan fingerprint density at radius 1 is 0.344 bits per heavy atom. The van der Waals surface area contributed by atoms with Crippen LogP contribution >= 0.6 is 11.3 Å². The molecule has 0 spiro atoms. The van der Waals surface area contributed by atoms with Crippen LogP contribution in [-0.4, -0.2) is 0 Å². The van der Waals surface area contributed by atoms with E-state index in [0.29, 0.717) is 0 Å². The van der Waals surface area contributed by atoms with Crippen LogP contribution in [0.15, 0.2) is 229 Å². The fourth-order valence-corrected chi connectivity index (χ4v) is 10.4. The van der Waals surface area contributed by atoms with E-state index in [1.807, 2.05) is 11.3 Å². The Kier molecular flexibility index (Phi) is 8.39. The molecule has 0 saturated carbocycles. The van der Waals surface area contributed by atoms with Gasteiger partial charge in [-0.15, -0.1) is 11.3 Å². The predicted molar refractivity (Wildman–Crippen MR) is 261 cm³/mol. The molecule has 2 aromatic heterocycles. The number of furan rings is 1. The van der Waals surface area contributed by atoms with Crippen molar-refractivity contribution in [1.82, 2.24) is 0 Å². The van der Waals surface area contributed by atoms with Crippen molar-refractivity contribution in [2.45, 2.75) is 0 Å². The first-order valence-electron chi connectivity index (χ1n) is 20.7. The molecule has 61 heavy (non-hydrogen) atoms. The highest BCUT2D eigenvalue weighted by molar-refractivity contribution is 7.26. The molecule has 0 amide bonds. The van der Waals surface area contributed by atoms with Crippen molar-refractivity contribution < 1.29 is 4.42 Å². The third-order valence-corrected chi connectivity index (χ3v) is 13.3. The third-order valence-electron chi connectivity index (χ3n) is 12.1. The lowest BCUT2D eigenvalue weighted by atomic mass is 9.96. The molecule has 0 N–H and O–H groups in total. The van der Waals surface area contributed by atoms with E-state index >= 15 is 0 Å². The zero-order valence-electron chi connectivity index (χ0n) is 33.1. The highest BCUT2D eigenvalue weighted by atomic mass is 32.1. The highest BCUT2D eigenvalue weighted by Gasteiger charge is 2.22. The summed E-state index contributed by atoms with van der Waals surface area (Å²) in [5.74, 6) is 0. The van der Waals surface area contributed by atoms with Crippen LogP contribution in [0.1, 0.15) is 0 Å². The third kappa shape index (κ3) is 6.09. The standard InChI is InChI=1S/C58H37NOS/c1-3-12-38(13-4-1)44-28-32-50-52-37-46(31-35-54(52)60-55(50)36-44)59(53-34-33-49(42-14-5-2-6-15-42)58-57(53)51-19-9-10-21-56(51)61-58)45-29-26-40(27-30-45)39-22-24-43(25-23-39)48-20-11-17-41-16-7-8-18-47(41)48/h1-37H. The lowest BCUT2D eigenvalue weighted by Gasteiger charge is -2.27. The van der Waals surface area contributed by atoms with Crippen LogP contribution in [-0.2, 0) is 0 Å². The van der Waals surface area contributed by atoms with Crippen LogP contribution < -0.4 is 4.90 Å². The SMILES string of the molecule is c1ccc(-c2ccc3c(c2)oc2ccc(N(c4ccc(-c5ccc(-c6cccc7ccccc67)cc5)cc4)c4ccc(-c5ccccc5)c5sc6ccccc6c45)cc23)cc1. The summed E-state index contributed by atoms with van der Waals surface area (Å²) in [7, 11) is 0. The minimum Gasteiger partial charge on any atom is -0.456 e. The van der Waals surface area contributed by atoms with Gasteiger partial charge in [0.2, 0.25) is 0 Å². The second kappa shape index (κ2) is 14.5. The number of anilines is 3. The fraction of sp³-hybridized carbons (Fsp3) is 0. The molecular formula is C58H37NOS. The second-order valence-electron chi connectivity index (χ2n) is 15.6. The zero-order chi connectivity index (χ0) is 40.3. The molecular weight excluding hydrogens is 759 g/mol. The van der Waals surface area contributed by atoms with Crippen LogP contribution in [0, 0.1) is 0 Å². The largest absolute Gasteiger partial charge is 0.456 e. The molecule has 10 aromatic carbocycles. The summed E-state index contributed by atoms with van der Waals surface area (Å²) >= 11 is 1.87. The maximum Gasteiger partial charge on any atom is 0.136 e. The lowest BCUT2D eigenvalue weighted by Crippen LogP contribution is -2.10. The van der Waals surface area contributed by atoms with Gasteiger partial charge in [-0.1, -0.05) is 170 Å². The van der Waals surface area contributed by atoms with Gasteiger partial charge in [-0.3, -0.25) is 0 Å². The van der Waals surface area contributed by atoms with Crippen molar-refractivity contribution in [3.8, 4) is 44.5 Å². The van der Waals surface area contributed by atoms with E-state index in [4.69, 9.17) is 4.42 Å². The second-order valence-corrected chi connectivity index (χ2v) is 16.7. The summed E-state index contributed by atoms with van der Waals surface area (Å²) in [5, 5.41) is 7.22. The summed E-state index contributed by atoms with van der Waals surface area (Å²) < 4.78 is 9.10. The molecule has 0 aliphatic heterocycles. The van der Waals surface area contributed by atoms with Gasteiger partial charge in [-0.05, 0) is 110 Å². The van der Waals surface area contributed by atoms with Crippen molar-refractivity contribution in [2.75, 3.05) is 4.90 Å². The number of rotatable bonds is 7. The van der Waals surface area contributed by atoms with Gasteiger partial charge >= 0.3 is 0 Å². The van der Waals surface area contributed by atoms with Crippen LogP contribution in [0.4, 0.5) is 17.1 Å². The molecule has 2 nitrogen and oxygen atoms in total. The van der Waals surface area contributed by atoms with Gasteiger partial charge in [-0.2, -0.15) is 0 Å². The molecule has 12 aromatic rings. The summed E-state index contributed by atoms with van der Waals surface area (Å²) in [6, 6.07) is 81.1. The smallest absolute Gasteiger partial charge is 0.136 e. The Bertz CT molecular complexity index is 3560. The molecule has 0 radical (unpaired) electrons. The first kappa shape index (κ1) is 35.2. The molecule has 0 aliphatic carbocycles. The minimum atomic E-state index is 0.872. The molecule has 3 heteroatoms. The monoisotopic (exact) mass is 795 g/mol. The van der Waals surface area contributed by atoms with E-state index in [2.05, 4.69) is 229 Å². The van der Waals surface area contributed by atoms with Crippen LogP contribution in [0.3, 0.4) is 0 Å². The van der Waals surface area contributed by atoms with E-state index in [9.17, 15) is 0 Å². The topological polar surface area (TPSA) is 16.4 Å². The Morgan fingerprint density at radius 2 is 0.951 bits per heavy atom. The van der Waals surface area contributed by atoms with E-state index < -0.39 is 0 Å². The van der Waals surface area contributed by atoms with E-state index in [0.717, 1.165) is 44.6 Å². The van der Waals surface area contributed by atoms with Crippen LogP contribution in [0.2, 0.25) is 0 Å². The number of nitrogens with zero attached hydrogens (tertiary/aromatic N) is 1. The van der Waals surface area contributed by atoms with E-state index in [-0.39, 0.29) is 0 Å². The Labute approximate surface area is 357 Å². The molecule has 0 aliphatic rings. The summed E-state index contributed by atoms with van der Waals surface area (Å²) in [5.41, 5.74) is 14.6. The molecule has 0 atom stereocenters. The summed E-state index contributed by atoms with van der Waals surface area (Å²) in [6.45, 7) is 0. The van der Waals surface area contributed by atoms with E-state index in [1.165, 1.54) is 69.9 Å². The van der Waals surface area contributed by atoms with Gasteiger partial charge in [0.05, 0.1) is 5.69 Å². The molecule has 286 valence electrons. The van der Waals surface area contributed by atoms with E-state index in [1.54, 1.807) is 0 Å². The lowest BCUT2D eigenvalue weighted by molar-refractivity contribution is 0.669. The molecule has 0 saturated heterocycles. The van der Waals surface area contributed by atoms with Gasteiger partial charge in [0.1, 0.15) is 11.2 Å². The highest BCUT2D eigenvalue weighted by Crippen LogP contribution is 2.49. The molecule has 12 rings (SSSR count). The van der Waals surface area contributed by atoms with Crippen molar-refractivity contribution in [2.24, 2.45) is 0 Å². The number of fused-ring (bicyclic) bond motifs is 7. The van der Waals surface area contributed by atoms with Gasteiger partial charge in [0, 0.05) is 42.3 Å². The normalized spacial score (nSPS) is 11.6. The first-order chi connectivity index (χ1) is 30.2. The predicted octanol–water partition coefficient (Wildman–Crippen LogP) is 17.2. The summed E-state index contributed by atoms with van der Waals surface area (Å²) in [6.07, 6.45) is 0. The van der Waals surface area contributed by atoms with Gasteiger partial charge in [0.15, 0.2) is 0 Å². The molecule has 0 fully saturated rings. The van der Waals surface area contributed by atoms with Crippen LogP contribution in [0.25, 0.3) is 97.4 Å². The van der Waals surface area contributed by atoms with Gasteiger partial charge in [-0.25, -0.2) is 0 Å². The number of benzene rings is 10. The first-order valence-corrected chi connectivity index (χ1v) is 21.6. The Balaban J connectivity index is 1.01. The number of thiophene rings is 1. The van der Waals surface area contributed by atoms with Crippen molar-refractivity contribution in [3.63, 3.8) is 0 Å². The molecule has 2 heterocycles. The number of hydrogen-bond acceptors (Lipinski definition) is 3. The Hall–Kier alpha value is -7.72. The maximum absolute atomic E-state index is 6.55. The minimum absolute atomic E-state index is 0.872.